The Labute approximate surface area is 251 Å². The summed E-state index contributed by atoms with van der Waals surface area (Å²) in [5, 5.41) is 5.88. The Morgan fingerprint density at radius 1 is 1.16 bits per heavy atom. The molecule has 13 heteroatoms. The van der Waals surface area contributed by atoms with Crippen LogP contribution in [0.3, 0.4) is 0 Å². The van der Waals surface area contributed by atoms with Crippen molar-refractivity contribution in [2.24, 2.45) is 5.41 Å². The molecule has 0 saturated carbocycles. The van der Waals surface area contributed by atoms with Crippen molar-refractivity contribution in [3.63, 3.8) is 0 Å². The predicted molar refractivity (Wildman–Crippen MR) is 160 cm³/mol. The van der Waals surface area contributed by atoms with Crippen LogP contribution in [0.1, 0.15) is 72.0 Å². The maximum atomic E-state index is 14.3. The minimum atomic E-state index is -5.75. The molecule has 2 atom stereocenters. The number of halogens is 2. The number of H-pyrrole nitrogens is 1. The van der Waals surface area contributed by atoms with Gasteiger partial charge in [-0.15, -0.1) is 11.3 Å². The van der Waals surface area contributed by atoms with Gasteiger partial charge < -0.3 is 25.0 Å². The van der Waals surface area contributed by atoms with E-state index in [4.69, 9.17) is 14.8 Å². The van der Waals surface area contributed by atoms with Gasteiger partial charge in [0.15, 0.2) is 0 Å². The van der Waals surface area contributed by atoms with Gasteiger partial charge in [0.1, 0.15) is 16.7 Å². The van der Waals surface area contributed by atoms with Crippen LogP contribution in [0.2, 0.25) is 0 Å². The highest BCUT2D eigenvalue weighted by Gasteiger charge is 2.50. The highest BCUT2D eigenvalue weighted by Crippen LogP contribution is 2.59. The third kappa shape index (κ3) is 6.43. The zero-order chi connectivity index (χ0) is 31.2. The van der Waals surface area contributed by atoms with Crippen LogP contribution >= 0.6 is 18.9 Å². The Bertz CT molecular complexity index is 1700. The first-order valence-electron chi connectivity index (χ1n) is 13.8. The van der Waals surface area contributed by atoms with E-state index >= 15 is 0 Å². The maximum absolute atomic E-state index is 14.3. The molecular formula is C30H33F2N4O5PS. The predicted octanol–water partition coefficient (Wildman–Crippen LogP) is 5.95. The molecule has 9 nitrogen and oxygen atoms in total. The fourth-order valence-corrected chi connectivity index (χ4v) is 6.72. The van der Waals surface area contributed by atoms with Crippen LogP contribution in [0.5, 0.6) is 0 Å². The molecule has 0 bridgehead atoms. The Hall–Kier alpha value is -3.44. The fourth-order valence-electron chi connectivity index (χ4n) is 5.28. The van der Waals surface area contributed by atoms with Crippen molar-refractivity contribution < 1.29 is 32.7 Å². The standard InChI is InChI=1S/C30H33F2N4O5PS/c1-29(2,3)25(35-26(37)23-16-19-15-20(11-12-22(19)34-23)30(31,32)42(39,40)41)28(38)36-13-7-10-24(36)27-33-21(17-43-27)14-18-8-5-4-6-9-18/h4-6,8-9,11-12,15-17,24-25,34H,7,10,13-14H2,1-3H3,(H,35,37)(H2,39,40,41)/t24-,25+/m0/s1. The molecule has 2 amide bonds. The average molecular weight is 631 g/mol. The van der Waals surface area contributed by atoms with Gasteiger partial charge in [0, 0.05) is 34.8 Å². The number of aromatic amines is 1. The highest BCUT2D eigenvalue weighted by atomic mass is 32.1. The van der Waals surface area contributed by atoms with Crippen molar-refractivity contribution in [2.45, 2.75) is 57.8 Å². The number of benzene rings is 2. The topological polar surface area (TPSA) is 136 Å². The van der Waals surface area contributed by atoms with Crippen LogP contribution in [-0.4, -0.2) is 49.1 Å². The molecule has 2 aromatic heterocycles. The number of nitrogens with zero attached hydrogens (tertiary/aromatic N) is 2. The molecule has 1 fully saturated rings. The number of alkyl halides is 2. The van der Waals surface area contributed by atoms with E-state index in [1.165, 1.54) is 23.5 Å². The van der Waals surface area contributed by atoms with Gasteiger partial charge in [0.05, 0.1) is 11.7 Å². The molecule has 1 saturated heterocycles. The summed E-state index contributed by atoms with van der Waals surface area (Å²) < 4.78 is 39.8. The Morgan fingerprint density at radius 3 is 2.56 bits per heavy atom. The highest BCUT2D eigenvalue weighted by molar-refractivity contribution is 7.52. The summed E-state index contributed by atoms with van der Waals surface area (Å²) in [6, 6.07) is 13.3. The SMILES string of the molecule is CC(C)(C)[C@H](NC(=O)c1cc2cc(C(F)(F)P(=O)(O)O)ccc2[nH]1)C(=O)N1CCC[C@H]1c1nc(Cc2ccccc2)cs1. The fraction of sp³-hybridized carbons (Fsp3) is 0.367. The van der Waals surface area contributed by atoms with Gasteiger partial charge >= 0.3 is 13.3 Å². The van der Waals surface area contributed by atoms with Crippen molar-refractivity contribution in [2.75, 3.05) is 6.54 Å². The minimum absolute atomic E-state index is 0.0251. The first kappa shape index (κ1) is 31.0. The van der Waals surface area contributed by atoms with E-state index in [0.717, 1.165) is 41.2 Å². The van der Waals surface area contributed by atoms with Crippen LogP contribution in [0.4, 0.5) is 8.78 Å². The zero-order valence-electron chi connectivity index (χ0n) is 23.9. The van der Waals surface area contributed by atoms with Gasteiger partial charge in [-0.3, -0.25) is 14.2 Å². The molecule has 0 radical (unpaired) electrons. The van der Waals surface area contributed by atoms with E-state index in [0.29, 0.717) is 18.5 Å². The third-order valence-electron chi connectivity index (χ3n) is 7.59. The van der Waals surface area contributed by atoms with Crippen molar-refractivity contribution in [3.05, 3.63) is 87.5 Å². The van der Waals surface area contributed by atoms with Crippen molar-refractivity contribution in [3.8, 4) is 0 Å². The molecule has 1 aliphatic heterocycles. The van der Waals surface area contributed by atoms with Crippen molar-refractivity contribution >= 4 is 41.6 Å². The van der Waals surface area contributed by atoms with Gasteiger partial charge in [-0.2, -0.15) is 8.78 Å². The molecule has 3 heterocycles. The first-order chi connectivity index (χ1) is 20.1. The molecule has 4 aromatic rings. The van der Waals surface area contributed by atoms with Crippen LogP contribution in [0.15, 0.2) is 60.0 Å². The molecular weight excluding hydrogens is 597 g/mol. The molecule has 0 spiro atoms. The second kappa shape index (κ2) is 11.6. The number of likely N-dealkylation sites (tertiary alicyclic amines) is 1. The number of thiazole rings is 1. The summed E-state index contributed by atoms with van der Waals surface area (Å²) in [5.74, 6) is -0.842. The summed E-state index contributed by atoms with van der Waals surface area (Å²) in [6.45, 7) is 6.08. The van der Waals surface area contributed by atoms with Crippen LogP contribution in [-0.2, 0) is 21.4 Å². The lowest BCUT2D eigenvalue weighted by Crippen LogP contribution is -2.54. The van der Waals surface area contributed by atoms with Gasteiger partial charge in [0.2, 0.25) is 5.91 Å². The summed E-state index contributed by atoms with van der Waals surface area (Å²) >= 11 is 1.52. The number of carbonyl (C=O) groups excluding carboxylic acids is 2. The number of aromatic nitrogens is 2. The lowest BCUT2D eigenvalue weighted by atomic mass is 9.85. The molecule has 1 aliphatic rings. The molecule has 228 valence electrons. The zero-order valence-corrected chi connectivity index (χ0v) is 25.6. The molecule has 43 heavy (non-hydrogen) atoms. The van der Waals surface area contributed by atoms with Crippen molar-refractivity contribution in [1.29, 1.82) is 0 Å². The quantitative estimate of drug-likeness (QED) is 0.178. The van der Waals surface area contributed by atoms with Gasteiger partial charge in [-0.1, -0.05) is 57.2 Å². The summed E-state index contributed by atoms with van der Waals surface area (Å²) in [6.07, 6.45) is 2.26. The van der Waals surface area contributed by atoms with E-state index in [1.54, 1.807) is 4.90 Å². The molecule has 4 N–H and O–H groups in total. The number of nitrogens with one attached hydrogen (secondary N) is 2. The van der Waals surface area contributed by atoms with E-state index in [1.807, 2.05) is 56.5 Å². The molecule has 0 unspecified atom stereocenters. The van der Waals surface area contributed by atoms with Crippen molar-refractivity contribution in [1.82, 2.24) is 20.2 Å². The minimum Gasteiger partial charge on any atom is -0.351 e. The number of hydrogen-bond acceptors (Lipinski definition) is 5. The third-order valence-corrected chi connectivity index (χ3v) is 9.57. The first-order valence-corrected chi connectivity index (χ1v) is 16.3. The largest absolute Gasteiger partial charge is 0.399 e. The average Bonchev–Trinajstić information content (AvgIpc) is 3.69. The molecule has 2 aromatic carbocycles. The van der Waals surface area contributed by atoms with Crippen LogP contribution in [0, 0.1) is 5.41 Å². The lowest BCUT2D eigenvalue weighted by molar-refractivity contribution is -0.136. The Balaban J connectivity index is 1.34. The van der Waals surface area contributed by atoms with Gasteiger partial charge in [-0.05, 0) is 42.0 Å². The molecule has 5 rings (SSSR count). The smallest absolute Gasteiger partial charge is 0.351 e. The summed E-state index contributed by atoms with van der Waals surface area (Å²) in [4.78, 5) is 55.0. The van der Waals surface area contributed by atoms with Gasteiger partial charge in [0.25, 0.3) is 5.91 Å². The van der Waals surface area contributed by atoms with E-state index < -0.39 is 36.2 Å². The van der Waals surface area contributed by atoms with E-state index in [2.05, 4.69) is 10.3 Å². The number of fused-ring (bicyclic) bond motifs is 1. The van der Waals surface area contributed by atoms with E-state index in [-0.39, 0.29) is 23.0 Å². The van der Waals surface area contributed by atoms with E-state index in [9.17, 15) is 22.9 Å². The Kier molecular flexibility index (Phi) is 8.34. The number of hydrogen-bond donors (Lipinski definition) is 4. The maximum Gasteiger partial charge on any atom is 0.399 e. The number of rotatable bonds is 8. The second-order valence-corrected chi connectivity index (χ2v) is 14.4. The number of carbonyl (C=O) groups is 2. The lowest BCUT2D eigenvalue weighted by Gasteiger charge is -2.35. The normalized spacial score (nSPS) is 16.9. The number of amides is 2. The van der Waals surface area contributed by atoms with Crippen LogP contribution < -0.4 is 5.32 Å². The molecule has 0 aliphatic carbocycles. The van der Waals surface area contributed by atoms with Crippen LogP contribution in [0.25, 0.3) is 10.9 Å². The van der Waals surface area contributed by atoms with Gasteiger partial charge in [-0.25, -0.2) is 4.98 Å². The monoisotopic (exact) mass is 630 g/mol. The summed E-state index contributed by atoms with van der Waals surface area (Å²) in [7, 11) is -5.75. The Morgan fingerprint density at radius 2 is 1.88 bits per heavy atom. The second-order valence-electron chi connectivity index (χ2n) is 11.9. The summed E-state index contributed by atoms with van der Waals surface area (Å²) in [5.41, 5.74) is -3.47.